The first-order chi connectivity index (χ1) is 13.5. The summed E-state index contributed by atoms with van der Waals surface area (Å²) in [6.45, 7) is 0.440. The summed E-state index contributed by atoms with van der Waals surface area (Å²) in [6.07, 6.45) is 3.39. The molecule has 7 nitrogen and oxygen atoms in total. The lowest BCUT2D eigenvalue weighted by molar-refractivity contribution is 0.0693. The molecule has 0 unspecified atom stereocenters. The molecular formula is C20H21N5O2S. The highest BCUT2D eigenvalue weighted by atomic mass is 32.2. The second kappa shape index (κ2) is 9.18. The zero-order valence-electron chi connectivity index (χ0n) is 15.7. The normalized spacial score (nSPS) is 10.5. The molecule has 8 heteroatoms. The predicted molar refractivity (Wildman–Crippen MR) is 111 cm³/mol. The number of aromatic carboxylic acids is 1. The molecule has 0 saturated heterocycles. The fourth-order valence-corrected chi connectivity index (χ4v) is 3.44. The quantitative estimate of drug-likeness (QED) is 0.442. The Morgan fingerprint density at radius 2 is 1.79 bits per heavy atom. The van der Waals surface area contributed by atoms with Gasteiger partial charge in [-0.05, 0) is 23.3 Å². The molecule has 0 spiro atoms. The lowest BCUT2D eigenvalue weighted by atomic mass is 10.2. The maximum absolute atomic E-state index is 12.0. The van der Waals surface area contributed by atoms with Crippen LogP contribution in [0.3, 0.4) is 0 Å². The number of benzene rings is 1. The molecule has 0 aliphatic rings. The lowest BCUT2D eigenvalue weighted by Gasteiger charge is -2.17. The topological polar surface area (TPSA) is 91.2 Å². The van der Waals surface area contributed by atoms with E-state index in [1.807, 2.05) is 56.6 Å². The van der Waals surface area contributed by atoms with Gasteiger partial charge in [-0.3, -0.25) is 4.98 Å². The van der Waals surface area contributed by atoms with Gasteiger partial charge >= 0.3 is 5.97 Å². The Morgan fingerprint density at radius 3 is 2.43 bits per heavy atom. The van der Waals surface area contributed by atoms with Crippen LogP contribution in [0.2, 0.25) is 0 Å². The Balaban J connectivity index is 1.92. The number of anilines is 2. The van der Waals surface area contributed by atoms with E-state index in [0.29, 0.717) is 29.1 Å². The van der Waals surface area contributed by atoms with E-state index >= 15 is 0 Å². The third-order valence-electron chi connectivity index (χ3n) is 3.91. The fourth-order valence-electron chi connectivity index (χ4n) is 2.47. The first-order valence-corrected chi connectivity index (χ1v) is 9.65. The van der Waals surface area contributed by atoms with Crippen molar-refractivity contribution in [2.24, 2.45) is 0 Å². The highest BCUT2D eigenvalue weighted by Gasteiger charge is 2.22. The molecule has 2 N–H and O–H groups in total. The minimum Gasteiger partial charge on any atom is -0.477 e. The molecule has 0 radical (unpaired) electrons. The van der Waals surface area contributed by atoms with Gasteiger partial charge in [0.2, 0.25) is 5.95 Å². The van der Waals surface area contributed by atoms with Gasteiger partial charge in [-0.15, -0.1) is 11.8 Å². The predicted octanol–water partition coefficient (Wildman–Crippen LogP) is 3.54. The number of nitrogens with one attached hydrogen (secondary N) is 1. The Morgan fingerprint density at radius 1 is 1.07 bits per heavy atom. The third-order valence-corrected chi connectivity index (χ3v) is 4.95. The molecule has 0 bridgehead atoms. The maximum atomic E-state index is 12.0. The van der Waals surface area contributed by atoms with Crippen LogP contribution in [0.4, 0.5) is 11.8 Å². The van der Waals surface area contributed by atoms with Crippen molar-refractivity contribution in [2.45, 2.75) is 17.3 Å². The van der Waals surface area contributed by atoms with Crippen LogP contribution in [-0.4, -0.2) is 40.1 Å². The average molecular weight is 395 g/mol. The summed E-state index contributed by atoms with van der Waals surface area (Å²) < 4.78 is 0. The van der Waals surface area contributed by atoms with Crippen molar-refractivity contribution < 1.29 is 9.90 Å². The van der Waals surface area contributed by atoms with Gasteiger partial charge in [-0.2, -0.15) is 4.98 Å². The second-order valence-electron chi connectivity index (χ2n) is 6.24. The molecule has 0 amide bonds. The largest absolute Gasteiger partial charge is 0.477 e. The minimum absolute atomic E-state index is 0.0839. The van der Waals surface area contributed by atoms with E-state index in [2.05, 4.69) is 20.3 Å². The van der Waals surface area contributed by atoms with Gasteiger partial charge in [0.1, 0.15) is 16.4 Å². The summed E-state index contributed by atoms with van der Waals surface area (Å²) in [6, 6.07) is 13.6. The first kappa shape index (κ1) is 19.6. The minimum atomic E-state index is -1.06. The van der Waals surface area contributed by atoms with Gasteiger partial charge in [0, 0.05) is 38.8 Å². The number of carboxylic acids is 1. The van der Waals surface area contributed by atoms with Crippen molar-refractivity contribution in [3.63, 3.8) is 0 Å². The van der Waals surface area contributed by atoms with Gasteiger partial charge in [0.05, 0.1) is 0 Å². The van der Waals surface area contributed by atoms with E-state index in [0.717, 1.165) is 11.1 Å². The molecule has 144 valence electrons. The number of carboxylic acid groups (broad SMARTS) is 1. The van der Waals surface area contributed by atoms with E-state index in [4.69, 9.17) is 0 Å². The summed E-state index contributed by atoms with van der Waals surface area (Å²) in [5.41, 5.74) is 2.16. The van der Waals surface area contributed by atoms with E-state index in [-0.39, 0.29) is 5.56 Å². The monoisotopic (exact) mass is 395 g/mol. The van der Waals surface area contributed by atoms with Crippen LogP contribution in [0.15, 0.2) is 59.9 Å². The van der Waals surface area contributed by atoms with Gasteiger partial charge in [-0.25, -0.2) is 9.78 Å². The Bertz CT molecular complexity index is 871. The van der Waals surface area contributed by atoms with Crippen LogP contribution in [0.25, 0.3) is 0 Å². The smallest absolute Gasteiger partial charge is 0.342 e. The SMILES string of the molecule is CN(C)c1nc(NCc2ccncc2)c(C(=O)O)c(SCc2ccccc2)n1. The Labute approximate surface area is 167 Å². The number of hydrogen-bond acceptors (Lipinski definition) is 7. The zero-order chi connectivity index (χ0) is 19.9. The maximum Gasteiger partial charge on any atom is 0.342 e. The summed E-state index contributed by atoms with van der Waals surface area (Å²) in [7, 11) is 3.65. The number of nitrogens with zero attached hydrogens (tertiary/aromatic N) is 4. The molecule has 0 fully saturated rings. The molecule has 0 aliphatic heterocycles. The van der Waals surface area contributed by atoms with Crippen molar-refractivity contribution in [3.05, 3.63) is 71.5 Å². The molecule has 0 saturated carbocycles. The van der Waals surface area contributed by atoms with E-state index in [1.165, 1.54) is 11.8 Å². The van der Waals surface area contributed by atoms with Gasteiger partial charge in [0.25, 0.3) is 0 Å². The van der Waals surface area contributed by atoms with Crippen molar-refractivity contribution in [2.75, 3.05) is 24.3 Å². The van der Waals surface area contributed by atoms with Crippen molar-refractivity contribution in [1.82, 2.24) is 15.0 Å². The highest BCUT2D eigenvalue weighted by Crippen LogP contribution is 2.30. The number of carbonyl (C=O) groups is 1. The van der Waals surface area contributed by atoms with Crippen LogP contribution in [-0.2, 0) is 12.3 Å². The Kier molecular flexibility index (Phi) is 6.44. The third kappa shape index (κ3) is 4.98. The molecular weight excluding hydrogens is 374 g/mol. The summed E-state index contributed by atoms with van der Waals surface area (Å²) >= 11 is 1.39. The fraction of sp³-hybridized carbons (Fsp3) is 0.200. The van der Waals surface area contributed by atoms with E-state index in [1.54, 1.807) is 17.3 Å². The van der Waals surface area contributed by atoms with Crippen LogP contribution >= 0.6 is 11.8 Å². The van der Waals surface area contributed by atoms with Crippen LogP contribution < -0.4 is 10.2 Å². The molecule has 3 rings (SSSR count). The molecule has 0 atom stereocenters. The van der Waals surface area contributed by atoms with E-state index in [9.17, 15) is 9.90 Å². The number of pyridine rings is 1. The van der Waals surface area contributed by atoms with Gasteiger partial charge < -0.3 is 15.3 Å². The van der Waals surface area contributed by atoms with Crippen molar-refractivity contribution in [1.29, 1.82) is 0 Å². The van der Waals surface area contributed by atoms with E-state index < -0.39 is 5.97 Å². The highest BCUT2D eigenvalue weighted by molar-refractivity contribution is 7.98. The van der Waals surface area contributed by atoms with Crippen molar-refractivity contribution >= 4 is 29.5 Å². The summed E-state index contributed by atoms with van der Waals surface area (Å²) in [5.74, 6) is 0.323. The van der Waals surface area contributed by atoms with Crippen molar-refractivity contribution in [3.8, 4) is 0 Å². The number of aromatic nitrogens is 3. The van der Waals surface area contributed by atoms with Gasteiger partial charge in [0.15, 0.2) is 0 Å². The molecule has 2 aromatic heterocycles. The number of hydrogen-bond donors (Lipinski definition) is 2. The molecule has 2 heterocycles. The van der Waals surface area contributed by atoms with Gasteiger partial charge in [-0.1, -0.05) is 30.3 Å². The van der Waals surface area contributed by atoms with Crippen LogP contribution in [0.5, 0.6) is 0 Å². The molecule has 0 aliphatic carbocycles. The summed E-state index contributed by atoms with van der Waals surface area (Å²) in [4.78, 5) is 26.6. The number of thioether (sulfide) groups is 1. The second-order valence-corrected chi connectivity index (χ2v) is 7.20. The standard InChI is InChI=1S/C20H21N5O2S/c1-25(2)20-23-17(22-12-14-8-10-21-11-9-14)16(19(26)27)18(24-20)28-13-15-6-4-3-5-7-15/h3-11H,12-13H2,1-2H3,(H,26,27)(H,22,23,24). The Hall–Kier alpha value is -3.13. The average Bonchev–Trinajstić information content (AvgIpc) is 2.71. The molecule has 1 aromatic carbocycles. The molecule has 28 heavy (non-hydrogen) atoms. The van der Waals surface area contributed by atoms with Crippen LogP contribution in [0, 0.1) is 0 Å². The first-order valence-electron chi connectivity index (χ1n) is 8.66. The lowest BCUT2D eigenvalue weighted by Crippen LogP contribution is -2.18. The molecule has 3 aromatic rings. The zero-order valence-corrected chi connectivity index (χ0v) is 16.5. The van der Waals surface area contributed by atoms with Crippen LogP contribution in [0.1, 0.15) is 21.5 Å². The summed E-state index contributed by atoms with van der Waals surface area (Å²) in [5, 5.41) is 13.4. The number of rotatable bonds is 8.